The highest BCUT2D eigenvalue weighted by Gasteiger charge is 2.39. The van der Waals surface area contributed by atoms with E-state index in [9.17, 15) is 9.59 Å². The van der Waals surface area contributed by atoms with E-state index in [2.05, 4.69) is 21.4 Å². The Balaban J connectivity index is -0.0000000332. The normalized spacial score (nSPS) is 8.64. The summed E-state index contributed by atoms with van der Waals surface area (Å²) in [6, 6.07) is 4.79. The Hall–Kier alpha value is -1.26. The summed E-state index contributed by atoms with van der Waals surface area (Å²) in [6.07, 6.45) is 3.21. The van der Waals surface area contributed by atoms with Crippen LogP contribution in [-0.4, -0.2) is 272 Å². The Kier molecular flexibility index (Phi) is 321. The Bertz CT molecular complexity index is 1260. The van der Waals surface area contributed by atoms with Crippen LogP contribution in [0.25, 0.3) is 0 Å². The van der Waals surface area contributed by atoms with Gasteiger partial charge in [-0.05, 0) is 25.9 Å². The van der Waals surface area contributed by atoms with E-state index in [1.54, 1.807) is 142 Å². The van der Waals surface area contributed by atoms with Crippen LogP contribution < -0.4 is 11.1 Å². The highest BCUT2D eigenvalue weighted by molar-refractivity contribution is 6.62. The lowest BCUT2D eigenvalue weighted by Gasteiger charge is -2.24. The van der Waals surface area contributed by atoms with Gasteiger partial charge in [-0.2, -0.15) is 0 Å². The molecule has 0 atom stereocenters. The highest BCUT2D eigenvalue weighted by Crippen LogP contribution is 2.16. The minimum Gasteiger partial charge on any atom is -0.463 e. The molecule has 0 amide bonds. The second-order valence-corrected chi connectivity index (χ2v) is 34.1. The van der Waals surface area contributed by atoms with Gasteiger partial charge in [0, 0.05) is 191 Å². The minimum atomic E-state index is -2.47. The van der Waals surface area contributed by atoms with Gasteiger partial charge in [-0.25, -0.2) is 4.79 Å². The number of carbonyl (C=O) groups is 2. The van der Waals surface area contributed by atoms with E-state index < -0.39 is 77.4 Å². The number of esters is 2. The van der Waals surface area contributed by atoms with Gasteiger partial charge >= 0.3 is 83.4 Å². The number of ether oxygens (including phenoxy) is 4. The molecule has 0 aliphatic carbocycles. The van der Waals surface area contributed by atoms with Gasteiger partial charge in [0.15, 0.2) is 0 Å². The van der Waals surface area contributed by atoms with Crippen LogP contribution in [0, 0.1) is 0 Å². The summed E-state index contributed by atoms with van der Waals surface area (Å²) in [5, 5.41) is 3.18. The third-order valence-electron chi connectivity index (χ3n) is 10.6. The van der Waals surface area contributed by atoms with E-state index in [1.807, 2.05) is 249 Å². The lowest BCUT2D eigenvalue weighted by molar-refractivity contribution is -0.144. The predicted molar refractivity (Wildman–Crippen MR) is 500 cm³/mol. The molecule has 0 saturated carbocycles. The average Bonchev–Trinajstić information content (AvgIpc) is 0.878. The lowest BCUT2D eigenvalue weighted by Crippen LogP contribution is -2.43. The van der Waals surface area contributed by atoms with Gasteiger partial charge in [0.1, 0.15) is 13.2 Å². The van der Waals surface area contributed by atoms with Gasteiger partial charge in [0.05, 0.1) is 19.6 Å². The number of hydrogen-bond acceptors (Lipinski definition) is 30. The first kappa shape index (κ1) is 183. The van der Waals surface area contributed by atoms with Crippen LogP contribution in [-0.2, 0) is 126 Å². The summed E-state index contributed by atoms with van der Waals surface area (Å²) < 4.78 is 145. The van der Waals surface area contributed by atoms with Crippen molar-refractivity contribution in [1.82, 2.24) is 5.32 Å². The topological polar surface area (TPSA) is 344 Å². The van der Waals surface area contributed by atoms with Gasteiger partial charge in [0.25, 0.3) is 0 Å². The predicted octanol–water partition coefficient (Wildman–Crippen LogP) is 19.7. The molecule has 0 rings (SSSR count). The molecule has 720 valence electrons. The van der Waals surface area contributed by atoms with Gasteiger partial charge in [-0.15, -0.1) is 0 Å². The van der Waals surface area contributed by atoms with Crippen molar-refractivity contribution < 1.29 is 126 Å². The van der Waals surface area contributed by atoms with Crippen molar-refractivity contribution in [3.8, 4) is 0 Å². The molecule has 38 heteroatoms. The van der Waals surface area contributed by atoms with Crippen LogP contribution in [0.2, 0.25) is 36.3 Å². The molecule has 0 heterocycles. The molecule has 0 aromatic rings. The third kappa shape index (κ3) is 158. The molecule has 0 fully saturated rings. The maximum atomic E-state index is 11.3. The molecule has 0 bridgehead atoms. The Morgan fingerprint density at radius 2 is 0.474 bits per heavy atom. The van der Waals surface area contributed by atoms with Crippen LogP contribution in [0.3, 0.4) is 0 Å². The van der Waals surface area contributed by atoms with Gasteiger partial charge in [-0.3, -0.25) is 22.6 Å². The first-order valence-corrected chi connectivity index (χ1v) is 54.5. The maximum Gasteiger partial charge on any atom is 0.549 e. The number of nitrogens with two attached hydrogens (primary N) is 1. The van der Waals surface area contributed by atoms with Gasteiger partial charge in [0.2, 0.25) is 0 Å². The molecule has 30 nitrogen and oxygen atoms in total. The molecule has 0 aromatic carbocycles. The summed E-state index contributed by atoms with van der Waals surface area (Å²) in [4.78, 5) is 21.6. The van der Waals surface area contributed by atoms with E-state index in [-0.39, 0.29) is 5.97 Å². The van der Waals surface area contributed by atoms with Gasteiger partial charge in [-0.1, -0.05) is 256 Å². The summed E-state index contributed by atoms with van der Waals surface area (Å²) in [5.74, 6) is -0.629. The Labute approximate surface area is 722 Å². The number of nitrogens with one attached hydrogen (secondary N) is 1. The van der Waals surface area contributed by atoms with Crippen LogP contribution in [0.1, 0.15) is 269 Å². The fourth-order valence-electron chi connectivity index (χ4n) is 5.50. The summed E-state index contributed by atoms with van der Waals surface area (Å²) in [5.41, 5.74) is 5.36. The number of methoxy groups -OCH3 is 2. The Morgan fingerprint density at radius 3 is 0.614 bits per heavy atom. The number of rotatable bonds is 39. The number of carbonyl (C=O) groups excluding carboxylic acids is 2. The van der Waals surface area contributed by atoms with Crippen molar-refractivity contribution in [2.75, 3.05) is 188 Å². The highest BCUT2D eigenvalue weighted by atomic mass is 28.4. The van der Waals surface area contributed by atoms with Crippen molar-refractivity contribution in [2.45, 2.75) is 305 Å². The molecule has 3 N–H and O–H groups in total. The van der Waals surface area contributed by atoms with Crippen molar-refractivity contribution in [3.05, 3.63) is 12.7 Å². The fraction of sp³-hybridized carbons (Fsp3) is 0.947. The first-order chi connectivity index (χ1) is 55.0. The van der Waals surface area contributed by atoms with Crippen LogP contribution >= 0.6 is 0 Å². The average molecular weight is 1820 g/mol. The molecule has 0 saturated heterocycles. The van der Waals surface area contributed by atoms with E-state index in [0.717, 1.165) is 61.7 Å². The Morgan fingerprint density at radius 1 is 0.298 bits per heavy atom. The molecule has 0 aromatic heterocycles. The molecule has 114 heavy (non-hydrogen) atoms. The van der Waals surface area contributed by atoms with Crippen LogP contribution in [0.5, 0.6) is 0 Å². The van der Waals surface area contributed by atoms with Gasteiger partial charge < -0.3 is 110 Å². The number of hydrogen-bond donors (Lipinski definition) is 2. The van der Waals surface area contributed by atoms with Crippen molar-refractivity contribution in [3.63, 3.8) is 0 Å². The van der Waals surface area contributed by atoms with Crippen molar-refractivity contribution >= 4 is 83.4 Å². The molecule has 0 unspecified atom stereocenters. The molecule has 0 spiro atoms. The fourth-order valence-corrected chi connectivity index (χ4v) is 14.4. The molecule has 0 aliphatic rings. The minimum absolute atomic E-state index is 0.219. The summed E-state index contributed by atoms with van der Waals surface area (Å²) >= 11 is 0. The monoisotopic (exact) mass is 1820 g/mol. The van der Waals surface area contributed by atoms with Crippen LogP contribution in [0.4, 0.5) is 0 Å². The second-order valence-electron chi connectivity index (χ2n) is 14.4. The zero-order valence-electron chi connectivity index (χ0n) is 86.1. The second kappa shape index (κ2) is 200. The smallest absolute Gasteiger partial charge is 0.463 e. The van der Waals surface area contributed by atoms with E-state index in [4.69, 9.17) is 113 Å². The molecular formula is C76H206N2O28Si8. The largest absolute Gasteiger partial charge is 0.549 e. The van der Waals surface area contributed by atoms with E-state index in [1.165, 1.54) is 0 Å². The molecule has 0 radical (unpaired) electrons. The van der Waals surface area contributed by atoms with Crippen molar-refractivity contribution in [2.24, 2.45) is 5.73 Å². The molecule has 0 aliphatic heterocycles. The first-order valence-electron chi connectivity index (χ1n) is 41.2. The SMILES string of the molecule is C=CC(=O)OCCOC.CC.CC.CC.CC.CC.CC.CC.CC.CC.CC.CC.CC.CC.CC.CC.CC.CC[Si](OC)(OC)OC.CC[Si](OC)(OC)OC.CC[Si](OC)(OC)OC.CC[Si](OC)(OC)OC.COCCOC(=O)CCNCCC[Si](OC)(OC)OC.CO[Si](CCCN)(OC)OC.O=[Si]=O.O=[Si]=O. The zero-order chi connectivity index (χ0) is 97.9. The van der Waals surface area contributed by atoms with Crippen LogP contribution in [0.15, 0.2) is 12.7 Å². The molecular weight excluding hydrogens is 1610 g/mol. The zero-order valence-corrected chi connectivity index (χ0v) is 94.1. The lowest BCUT2D eigenvalue weighted by atomic mass is 10.4. The summed E-state index contributed by atoms with van der Waals surface area (Å²) in [6.45, 7) is 78.6. The van der Waals surface area contributed by atoms with E-state index in [0.29, 0.717) is 45.9 Å². The maximum absolute atomic E-state index is 11.3. The standard InChI is InChI=1S/C12H27NO6Si.C6H17NO3Si.C6H10O3.4C5H14O3Si.16C2H6.2O2Si/c1-15-9-10-19-12(14)6-8-13-7-5-11-20(16-2,17-3)18-4;1-8-11(9-2,10-3)6-4-5-7;1-3-6(7)9-5-4-8-2;4*1-5-9(6-2,7-3)8-4;16*1-2;2*1-3-2/h13H,5-11H2,1-4H3;4-7H2,1-3H3;3H,1,4-5H2,2H3;4*5H2,1-4H3;16*1-2H3;;. The summed E-state index contributed by atoms with van der Waals surface area (Å²) in [7, 11) is 15.7. The quantitative estimate of drug-likeness (QED) is 0.0250. The van der Waals surface area contributed by atoms with E-state index >= 15 is 0 Å². The van der Waals surface area contributed by atoms with Crippen molar-refractivity contribution in [1.29, 1.82) is 0 Å². The third-order valence-corrected chi connectivity index (χ3v) is 27.2.